The lowest BCUT2D eigenvalue weighted by Crippen LogP contribution is -2.26. The van der Waals surface area contributed by atoms with E-state index in [1.807, 2.05) is 30.7 Å². The van der Waals surface area contributed by atoms with Gasteiger partial charge in [0.05, 0.1) is 11.4 Å². The van der Waals surface area contributed by atoms with E-state index >= 15 is 0 Å². The number of aryl methyl sites for hydroxylation is 3. The molecule has 0 bridgehead atoms. The fourth-order valence-electron chi connectivity index (χ4n) is 3.29. The summed E-state index contributed by atoms with van der Waals surface area (Å²) in [4.78, 5) is 0. The van der Waals surface area contributed by atoms with Crippen LogP contribution in [0.4, 0.5) is 5.69 Å². The van der Waals surface area contributed by atoms with Crippen LogP contribution in [0, 0.1) is 20.8 Å². The first kappa shape index (κ1) is 13.9. The minimum atomic E-state index is -0.216. The number of phenolic OH excluding ortho intramolecular Hbond substituents is 1. The van der Waals surface area contributed by atoms with E-state index in [1.165, 1.54) is 5.56 Å². The molecule has 4 heteroatoms. The number of para-hydroxylation sites is 1. The molecule has 4 nitrogen and oxygen atoms in total. The van der Waals surface area contributed by atoms with Gasteiger partial charge in [-0.2, -0.15) is 5.10 Å². The maximum atomic E-state index is 10.4. The summed E-state index contributed by atoms with van der Waals surface area (Å²) in [6.45, 7) is 6.12. The number of aromatic nitrogens is 2. The van der Waals surface area contributed by atoms with Crippen LogP contribution >= 0.6 is 0 Å². The van der Waals surface area contributed by atoms with Crippen LogP contribution in [0.1, 0.15) is 28.6 Å². The Morgan fingerprint density at radius 2 is 1.91 bits per heavy atom. The van der Waals surface area contributed by atoms with Crippen LogP contribution < -0.4 is 5.32 Å². The van der Waals surface area contributed by atoms with E-state index < -0.39 is 0 Å². The number of fused-ring (bicyclic) bond motifs is 3. The van der Waals surface area contributed by atoms with Gasteiger partial charge in [-0.1, -0.05) is 29.8 Å². The highest BCUT2D eigenvalue weighted by molar-refractivity contribution is 5.81. The van der Waals surface area contributed by atoms with Crippen LogP contribution in [0.15, 0.2) is 42.5 Å². The normalized spacial score (nSPS) is 15.7. The first-order valence-corrected chi connectivity index (χ1v) is 7.77. The number of aromatic hydroxyl groups is 1. The summed E-state index contributed by atoms with van der Waals surface area (Å²) in [5.74, 6) is 0.282. The molecule has 116 valence electrons. The van der Waals surface area contributed by atoms with Gasteiger partial charge < -0.3 is 10.4 Å². The second-order valence-corrected chi connectivity index (χ2v) is 6.22. The molecule has 0 radical (unpaired) electrons. The Morgan fingerprint density at radius 1 is 1.09 bits per heavy atom. The summed E-state index contributed by atoms with van der Waals surface area (Å²) < 4.78 is 1.96. The summed E-state index contributed by atoms with van der Waals surface area (Å²) in [5.41, 5.74) is 7.42. The molecular weight excluding hydrogens is 286 g/mol. The van der Waals surface area contributed by atoms with Gasteiger partial charge in [0.1, 0.15) is 5.75 Å². The molecule has 3 aromatic rings. The lowest BCUT2D eigenvalue weighted by Gasteiger charge is -2.30. The predicted octanol–water partition coefficient (Wildman–Crippen LogP) is 4.15. The number of hydrogen-bond acceptors (Lipinski definition) is 3. The lowest BCUT2D eigenvalue weighted by molar-refractivity contribution is 0.452. The molecular formula is C19H19N3O. The van der Waals surface area contributed by atoms with Crippen molar-refractivity contribution in [1.82, 2.24) is 9.78 Å². The second kappa shape index (κ2) is 4.88. The summed E-state index contributed by atoms with van der Waals surface area (Å²) in [7, 11) is 0. The van der Waals surface area contributed by atoms with Gasteiger partial charge in [-0.05, 0) is 44.5 Å². The van der Waals surface area contributed by atoms with Gasteiger partial charge in [0.25, 0.3) is 0 Å². The standard InChI is InChI=1S/C19H19N3O/c1-11-7-8-17(23)15(9-11)19-20-18-12(2)5-4-6-14(18)16-10-13(3)21-22(16)19/h4-10,19-20,23H,1-3H3/t19-/m0/s1. The van der Waals surface area contributed by atoms with Crippen molar-refractivity contribution >= 4 is 5.69 Å². The molecule has 0 amide bonds. The molecule has 2 heterocycles. The fourth-order valence-corrected chi connectivity index (χ4v) is 3.29. The monoisotopic (exact) mass is 305 g/mol. The van der Waals surface area contributed by atoms with Crippen molar-refractivity contribution in [2.75, 3.05) is 5.32 Å². The summed E-state index contributed by atoms with van der Waals surface area (Å²) >= 11 is 0. The van der Waals surface area contributed by atoms with Crippen molar-refractivity contribution in [2.45, 2.75) is 26.9 Å². The molecule has 4 rings (SSSR count). The van der Waals surface area contributed by atoms with Crippen LogP contribution in [0.5, 0.6) is 5.75 Å². The Kier molecular flexibility index (Phi) is 2.94. The van der Waals surface area contributed by atoms with Crippen molar-refractivity contribution in [2.24, 2.45) is 0 Å². The molecule has 1 aromatic heterocycles. The van der Waals surface area contributed by atoms with Gasteiger partial charge in [-0.3, -0.25) is 0 Å². The number of nitrogens with one attached hydrogen (secondary N) is 1. The van der Waals surface area contributed by atoms with Crippen molar-refractivity contribution in [3.05, 3.63) is 64.8 Å². The maximum absolute atomic E-state index is 10.4. The molecule has 0 saturated carbocycles. The SMILES string of the molecule is Cc1ccc(O)c([C@H]2Nc3c(C)cccc3-c3cc(C)nn32)c1. The van der Waals surface area contributed by atoms with E-state index in [0.29, 0.717) is 0 Å². The molecule has 23 heavy (non-hydrogen) atoms. The maximum Gasteiger partial charge on any atom is 0.150 e. The van der Waals surface area contributed by atoms with Crippen molar-refractivity contribution in [3.63, 3.8) is 0 Å². The zero-order valence-corrected chi connectivity index (χ0v) is 13.5. The molecule has 0 aliphatic carbocycles. The lowest BCUT2D eigenvalue weighted by atomic mass is 9.99. The number of phenols is 1. The third-order valence-electron chi connectivity index (χ3n) is 4.41. The van der Waals surface area contributed by atoms with Gasteiger partial charge in [0.15, 0.2) is 6.17 Å². The highest BCUT2D eigenvalue weighted by Gasteiger charge is 2.28. The summed E-state index contributed by atoms with van der Waals surface area (Å²) in [5, 5.41) is 18.6. The first-order valence-electron chi connectivity index (χ1n) is 7.77. The minimum Gasteiger partial charge on any atom is -0.508 e. The summed E-state index contributed by atoms with van der Waals surface area (Å²) in [6, 6.07) is 14.0. The quantitative estimate of drug-likeness (QED) is 0.710. The molecule has 2 aromatic carbocycles. The van der Waals surface area contributed by atoms with E-state index in [1.54, 1.807) is 6.07 Å². The second-order valence-electron chi connectivity index (χ2n) is 6.22. The van der Waals surface area contributed by atoms with E-state index in [0.717, 1.165) is 33.8 Å². The topological polar surface area (TPSA) is 50.1 Å². The van der Waals surface area contributed by atoms with Gasteiger partial charge in [0.2, 0.25) is 0 Å². The highest BCUT2D eigenvalue weighted by Crippen LogP contribution is 2.41. The van der Waals surface area contributed by atoms with Crippen molar-refractivity contribution < 1.29 is 5.11 Å². The molecule has 0 saturated heterocycles. The Labute approximate surface area is 135 Å². The predicted molar refractivity (Wildman–Crippen MR) is 91.7 cm³/mol. The molecule has 0 spiro atoms. The fraction of sp³-hybridized carbons (Fsp3) is 0.211. The molecule has 1 aliphatic rings. The van der Waals surface area contributed by atoms with Crippen LogP contribution in [-0.2, 0) is 0 Å². The van der Waals surface area contributed by atoms with Crippen LogP contribution in [0.3, 0.4) is 0 Å². The van der Waals surface area contributed by atoms with E-state index in [4.69, 9.17) is 0 Å². The van der Waals surface area contributed by atoms with Gasteiger partial charge in [-0.25, -0.2) is 4.68 Å². The molecule has 1 aliphatic heterocycles. The average molecular weight is 305 g/mol. The first-order chi connectivity index (χ1) is 11.0. The number of hydrogen-bond donors (Lipinski definition) is 2. The Morgan fingerprint density at radius 3 is 2.74 bits per heavy atom. The Balaban J connectivity index is 1.97. The zero-order chi connectivity index (χ0) is 16.1. The van der Waals surface area contributed by atoms with Crippen molar-refractivity contribution in [1.29, 1.82) is 0 Å². The smallest absolute Gasteiger partial charge is 0.150 e. The third-order valence-corrected chi connectivity index (χ3v) is 4.41. The van der Waals surface area contributed by atoms with Gasteiger partial charge >= 0.3 is 0 Å². The molecule has 0 fully saturated rings. The highest BCUT2D eigenvalue weighted by atomic mass is 16.3. The molecule has 2 N–H and O–H groups in total. The largest absolute Gasteiger partial charge is 0.508 e. The van der Waals surface area contributed by atoms with Crippen LogP contribution in [-0.4, -0.2) is 14.9 Å². The molecule has 0 unspecified atom stereocenters. The number of anilines is 1. The minimum absolute atomic E-state index is 0.216. The van der Waals surface area contributed by atoms with Gasteiger partial charge in [-0.15, -0.1) is 0 Å². The number of nitrogens with zero attached hydrogens (tertiary/aromatic N) is 2. The molecule has 1 atom stereocenters. The van der Waals surface area contributed by atoms with Gasteiger partial charge in [0, 0.05) is 16.8 Å². The van der Waals surface area contributed by atoms with E-state index in [9.17, 15) is 5.11 Å². The van der Waals surface area contributed by atoms with E-state index in [2.05, 4.69) is 41.6 Å². The van der Waals surface area contributed by atoms with Crippen LogP contribution in [0.2, 0.25) is 0 Å². The Bertz CT molecular complexity index is 911. The van der Waals surface area contributed by atoms with E-state index in [-0.39, 0.29) is 11.9 Å². The number of rotatable bonds is 1. The average Bonchev–Trinajstić information content (AvgIpc) is 2.91. The zero-order valence-electron chi connectivity index (χ0n) is 13.5. The third kappa shape index (κ3) is 2.10. The van der Waals surface area contributed by atoms with Crippen molar-refractivity contribution in [3.8, 4) is 17.0 Å². The number of benzene rings is 2. The Hall–Kier alpha value is -2.75. The van der Waals surface area contributed by atoms with Crippen LogP contribution in [0.25, 0.3) is 11.3 Å². The summed E-state index contributed by atoms with van der Waals surface area (Å²) in [6.07, 6.45) is -0.216.